The van der Waals surface area contributed by atoms with Crippen LogP contribution in [0.4, 0.5) is 4.39 Å². The first kappa shape index (κ1) is 23.4. The molecule has 0 spiro atoms. The second-order valence-electron chi connectivity index (χ2n) is 8.75. The highest BCUT2D eigenvalue weighted by atomic mass is 32.2. The Morgan fingerprint density at radius 1 is 1.18 bits per heavy atom. The molecule has 4 rings (SSSR count). The van der Waals surface area contributed by atoms with Crippen molar-refractivity contribution in [1.82, 2.24) is 14.5 Å². The van der Waals surface area contributed by atoms with Crippen LogP contribution in [0.5, 0.6) is 0 Å². The summed E-state index contributed by atoms with van der Waals surface area (Å²) in [6.07, 6.45) is 6.30. The molecule has 0 aliphatic heterocycles. The van der Waals surface area contributed by atoms with Gasteiger partial charge in [0.25, 0.3) is 0 Å². The minimum Gasteiger partial charge on any atom is -0.271 e. The van der Waals surface area contributed by atoms with Crippen LogP contribution in [0.1, 0.15) is 66.2 Å². The Morgan fingerprint density at radius 2 is 1.97 bits per heavy atom. The first-order valence-corrected chi connectivity index (χ1v) is 12.9. The van der Waals surface area contributed by atoms with E-state index in [1.54, 1.807) is 18.2 Å². The molecule has 1 aliphatic carbocycles. The average Bonchev–Trinajstić information content (AvgIpc) is 2.95. The van der Waals surface area contributed by atoms with Gasteiger partial charge in [-0.15, -0.1) is 0 Å². The Bertz CT molecular complexity index is 1240. The van der Waals surface area contributed by atoms with E-state index in [4.69, 9.17) is 0 Å². The molecule has 0 bridgehead atoms. The van der Waals surface area contributed by atoms with Gasteiger partial charge in [0.2, 0.25) is 10.0 Å². The number of hydrogen-bond donors (Lipinski definition) is 1. The Morgan fingerprint density at radius 3 is 2.73 bits per heavy atom. The maximum absolute atomic E-state index is 13.7. The molecule has 7 heteroatoms. The summed E-state index contributed by atoms with van der Waals surface area (Å²) in [6.45, 7) is 1.82. The van der Waals surface area contributed by atoms with Crippen LogP contribution >= 0.6 is 0 Å². The Kier molecular flexibility index (Phi) is 7.10. The maximum atomic E-state index is 13.7. The van der Waals surface area contributed by atoms with Gasteiger partial charge in [-0.25, -0.2) is 17.5 Å². The van der Waals surface area contributed by atoms with Crippen LogP contribution in [0.15, 0.2) is 60.0 Å². The Balaban J connectivity index is 1.56. The SMILES string of the molecule is C[C@H](NS(=O)(=O)C=Cc1nn(C)c2c1CCCCC2Cc1cccc(F)c1)c1ccccc1. The molecule has 0 fully saturated rings. The minimum absolute atomic E-state index is 0.219. The molecule has 5 nitrogen and oxygen atoms in total. The number of fused-ring (bicyclic) bond motifs is 1. The van der Waals surface area contributed by atoms with Gasteiger partial charge in [0.05, 0.1) is 5.69 Å². The molecular formula is C26H30FN3O2S. The molecule has 3 aromatic rings. The maximum Gasteiger partial charge on any atom is 0.234 e. The van der Waals surface area contributed by atoms with Crippen molar-refractivity contribution in [1.29, 1.82) is 0 Å². The van der Waals surface area contributed by atoms with E-state index < -0.39 is 10.0 Å². The quantitative estimate of drug-likeness (QED) is 0.482. The van der Waals surface area contributed by atoms with Crippen molar-refractivity contribution < 1.29 is 12.8 Å². The number of nitrogens with zero attached hydrogens (tertiary/aromatic N) is 2. The average molecular weight is 468 g/mol. The zero-order chi connectivity index (χ0) is 23.4. The van der Waals surface area contributed by atoms with Crippen LogP contribution < -0.4 is 4.72 Å². The highest BCUT2D eigenvalue weighted by Crippen LogP contribution is 2.35. The summed E-state index contributed by atoms with van der Waals surface area (Å²) in [4.78, 5) is 0. The number of aryl methyl sites for hydroxylation is 1. The third-order valence-electron chi connectivity index (χ3n) is 6.26. The van der Waals surface area contributed by atoms with E-state index in [0.29, 0.717) is 5.69 Å². The lowest BCUT2D eigenvalue weighted by Crippen LogP contribution is -2.24. The van der Waals surface area contributed by atoms with E-state index in [1.807, 2.05) is 55.1 Å². The molecule has 0 amide bonds. The largest absolute Gasteiger partial charge is 0.271 e. The summed E-state index contributed by atoms with van der Waals surface area (Å²) in [7, 11) is -1.73. The van der Waals surface area contributed by atoms with Gasteiger partial charge in [-0.05, 0) is 61.9 Å². The fourth-order valence-corrected chi connectivity index (χ4v) is 5.74. The van der Waals surface area contributed by atoms with E-state index in [-0.39, 0.29) is 17.8 Å². The van der Waals surface area contributed by atoms with Gasteiger partial charge in [0.15, 0.2) is 0 Å². The molecule has 0 saturated carbocycles. The molecule has 0 radical (unpaired) electrons. The second-order valence-corrected chi connectivity index (χ2v) is 10.3. The van der Waals surface area contributed by atoms with Crippen LogP contribution in [-0.2, 0) is 29.9 Å². The van der Waals surface area contributed by atoms with Gasteiger partial charge in [-0.3, -0.25) is 4.68 Å². The summed E-state index contributed by atoms with van der Waals surface area (Å²) in [5.74, 6) is -0.00537. The van der Waals surface area contributed by atoms with Crippen LogP contribution in [0.3, 0.4) is 0 Å². The van der Waals surface area contributed by atoms with Crippen LogP contribution in [0, 0.1) is 5.82 Å². The number of benzene rings is 2. The normalized spacial score (nSPS) is 17.6. The standard InChI is InChI=1S/C26H30FN3O2S/c1-19(21-10-4-3-5-11-21)29-33(31,32)16-15-25-24-14-7-6-12-22(26(24)30(2)28-25)17-20-9-8-13-23(27)18-20/h3-5,8-11,13,15-16,18-19,22,29H,6-7,12,14,17H2,1-2H3/t19-,22?/m0/s1. The number of halogens is 1. The molecule has 0 saturated heterocycles. The number of rotatable bonds is 7. The fraction of sp³-hybridized carbons (Fsp3) is 0.346. The highest BCUT2D eigenvalue weighted by molar-refractivity contribution is 7.92. The summed E-state index contributed by atoms with van der Waals surface area (Å²) in [5.41, 5.74) is 4.78. The van der Waals surface area contributed by atoms with Gasteiger partial charge in [-0.1, -0.05) is 48.9 Å². The van der Waals surface area contributed by atoms with Crippen molar-refractivity contribution in [3.05, 3.63) is 93.9 Å². The highest BCUT2D eigenvalue weighted by Gasteiger charge is 2.26. The summed E-state index contributed by atoms with van der Waals surface area (Å²) >= 11 is 0. The van der Waals surface area contributed by atoms with Crippen molar-refractivity contribution in [2.24, 2.45) is 7.05 Å². The summed E-state index contributed by atoms with van der Waals surface area (Å²) in [6, 6.07) is 15.9. The van der Waals surface area contributed by atoms with Crippen molar-refractivity contribution in [2.45, 2.75) is 51.0 Å². The van der Waals surface area contributed by atoms with Gasteiger partial charge >= 0.3 is 0 Å². The third-order valence-corrected chi connectivity index (χ3v) is 7.43. The van der Waals surface area contributed by atoms with Crippen molar-refractivity contribution in [3.8, 4) is 0 Å². The molecule has 1 aromatic heterocycles. The van der Waals surface area contributed by atoms with E-state index in [9.17, 15) is 12.8 Å². The molecule has 1 heterocycles. The van der Waals surface area contributed by atoms with Gasteiger partial charge in [0, 0.05) is 35.7 Å². The van der Waals surface area contributed by atoms with E-state index in [1.165, 1.54) is 11.5 Å². The molecule has 174 valence electrons. The molecule has 2 aromatic carbocycles. The van der Waals surface area contributed by atoms with Crippen molar-refractivity contribution in [2.75, 3.05) is 0 Å². The number of hydrogen-bond acceptors (Lipinski definition) is 3. The monoisotopic (exact) mass is 467 g/mol. The fourth-order valence-electron chi connectivity index (χ4n) is 4.73. The molecular weight excluding hydrogens is 437 g/mol. The Labute approximate surface area is 195 Å². The zero-order valence-corrected chi connectivity index (χ0v) is 19.9. The molecule has 2 atom stereocenters. The van der Waals surface area contributed by atoms with Crippen molar-refractivity contribution in [3.63, 3.8) is 0 Å². The first-order chi connectivity index (χ1) is 15.8. The van der Waals surface area contributed by atoms with E-state index >= 15 is 0 Å². The lowest BCUT2D eigenvalue weighted by atomic mass is 9.91. The Hall–Kier alpha value is -2.77. The molecule has 1 unspecified atom stereocenters. The number of nitrogens with one attached hydrogen (secondary N) is 1. The van der Waals surface area contributed by atoms with Gasteiger partial charge in [0.1, 0.15) is 5.82 Å². The summed E-state index contributed by atoms with van der Waals surface area (Å²) in [5, 5.41) is 5.86. The number of aromatic nitrogens is 2. The minimum atomic E-state index is -3.64. The second kappa shape index (κ2) is 10.0. The molecule has 33 heavy (non-hydrogen) atoms. The van der Waals surface area contributed by atoms with E-state index in [0.717, 1.165) is 54.5 Å². The summed E-state index contributed by atoms with van der Waals surface area (Å²) < 4.78 is 43.7. The molecule has 1 N–H and O–H groups in total. The third kappa shape index (κ3) is 5.78. The van der Waals surface area contributed by atoms with Crippen LogP contribution in [0.25, 0.3) is 6.08 Å². The predicted molar refractivity (Wildman–Crippen MR) is 130 cm³/mol. The first-order valence-electron chi connectivity index (χ1n) is 11.4. The van der Waals surface area contributed by atoms with E-state index in [2.05, 4.69) is 9.82 Å². The topological polar surface area (TPSA) is 64.0 Å². The lowest BCUT2D eigenvalue weighted by molar-refractivity contribution is 0.545. The van der Waals surface area contributed by atoms with Crippen LogP contribution in [-0.4, -0.2) is 18.2 Å². The lowest BCUT2D eigenvalue weighted by Gasteiger charge is -2.17. The molecule has 1 aliphatic rings. The van der Waals surface area contributed by atoms with Crippen molar-refractivity contribution >= 4 is 16.1 Å². The zero-order valence-electron chi connectivity index (χ0n) is 19.0. The smallest absolute Gasteiger partial charge is 0.234 e. The number of sulfonamides is 1. The predicted octanol–water partition coefficient (Wildman–Crippen LogP) is 5.26. The van der Waals surface area contributed by atoms with Crippen LogP contribution in [0.2, 0.25) is 0 Å². The van der Waals surface area contributed by atoms with Gasteiger partial charge < -0.3 is 0 Å². The van der Waals surface area contributed by atoms with Gasteiger partial charge in [-0.2, -0.15) is 5.10 Å².